The summed E-state index contributed by atoms with van der Waals surface area (Å²) >= 11 is 0. The van der Waals surface area contributed by atoms with Crippen LogP contribution in [0.1, 0.15) is 48.0 Å². The van der Waals surface area contributed by atoms with Crippen molar-refractivity contribution in [2.45, 2.75) is 84.2 Å². The van der Waals surface area contributed by atoms with Crippen LogP contribution >= 0.6 is 0 Å². The summed E-state index contributed by atoms with van der Waals surface area (Å²) in [4.78, 5) is 0. The van der Waals surface area contributed by atoms with Gasteiger partial charge in [-0.05, 0) is 48.6 Å². The van der Waals surface area contributed by atoms with Crippen molar-refractivity contribution in [3.05, 3.63) is 0 Å². The Labute approximate surface area is 146 Å². The van der Waals surface area contributed by atoms with E-state index in [1.54, 1.807) is 0 Å². The standard InChI is InChI=1S/C18H40O3Si2/c1-16(2,3)22(7,8)20-13-18(11-15(18)12-19)14-21-23(9,10)17(4,5)6/h15,19H,11-14H2,1-10H3/t15-/m1/s1. The number of rotatable bonds is 7. The highest BCUT2D eigenvalue weighted by atomic mass is 28.4. The van der Waals surface area contributed by atoms with Gasteiger partial charge >= 0.3 is 0 Å². The van der Waals surface area contributed by atoms with Crippen molar-refractivity contribution in [1.29, 1.82) is 0 Å². The molecular weight excluding hydrogens is 320 g/mol. The van der Waals surface area contributed by atoms with Crippen LogP contribution in [0.25, 0.3) is 0 Å². The van der Waals surface area contributed by atoms with Crippen molar-refractivity contribution in [2.75, 3.05) is 19.8 Å². The second kappa shape index (κ2) is 6.56. The lowest BCUT2D eigenvalue weighted by Crippen LogP contribution is -2.45. The molecule has 0 unspecified atom stereocenters. The molecule has 3 nitrogen and oxygen atoms in total. The zero-order chi connectivity index (χ0) is 18.3. The van der Waals surface area contributed by atoms with Gasteiger partial charge in [-0.3, -0.25) is 0 Å². The SMILES string of the molecule is CC(C)(C)[Si](C)(C)OCC1(CO[Si](C)(C)C(C)(C)C)C[C@@H]1CO. The predicted octanol–water partition coefficient (Wildman–Crippen LogP) is 5.03. The lowest BCUT2D eigenvalue weighted by molar-refractivity contribution is 0.116. The van der Waals surface area contributed by atoms with E-state index in [9.17, 15) is 5.11 Å². The molecule has 1 aliphatic rings. The maximum absolute atomic E-state index is 9.63. The van der Waals surface area contributed by atoms with Gasteiger partial charge in [-0.25, -0.2) is 0 Å². The number of aliphatic hydroxyl groups is 1. The van der Waals surface area contributed by atoms with E-state index in [1.165, 1.54) is 0 Å². The normalized spacial score (nSPS) is 22.3. The van der Waals surface area contributed by atoms with Crippen LogP contribution in [0.5, 0.6) is 0 Å². The Kier molecular flexibility index (Phi) is 6.09. The second-order valence-corrected chi connectivity index (χ2v) is 20.2. The molecule has 1 aliphatic carbocycles. The van der Waals surface area contributed by atoms with Crippen LogP contribution in [0.3, 0.4) is 0 Å². The molecule has 0 aromatic heterocycles. The first-order valence-corrected chi connectivity index (χ1v) is 14.8. The van der Waals surface area contributed by atoms with Gasteiger partial charge in [0.05, 0.1) is 0 Å². The highest BCUT2D eigenvalue weighted by molar-refractivity contribution is 6.74. The Morgan fingerprint density at radius 2 is 1.22 bits per heavy atom. The van der Waals surface area contributed by atoms with Gasteiger partial charge in [0.15, 0.2) is 16.6 Å². The van der Waals surface area contributed by atoms with Crippen LogP contribution < -0.4 is 0 Å². The third kappa shape index (κ3) is 4.91. The molecule has 0 heterocycles. The maximum Gasteiger partial charge on any atom is 0.192 e. The van der Waals surface area contributed by atoms with E-state index in [2.05, 4.69) is 67.7 Å². The molecule has 0 aromatic rings. The zero-order valence-electron chi connectivity index (χ0n) is 17.2. The van der Waals surface area contributed by atoms with Crippen molar-refractivity contribution >= 4 is 16.6 Å². The van der Waals surface area contributed by atoms with Crippen LogP contribution in [0.4, 0.5) is 0 Å². The van der Waals surface area contributed by atoms with Gasteiger partial charge in [-0.15, -0.1) is 0 Å². The third-order valence-corrected chi connectivity index (χ3v) is 15.6. The minimum absolute atomic E-state index is 0.0415. The number of hydrogen-bond acceptors (Lipinski definition) is 3. The van der Waals surface area contributed by atoms with Crippen LogP contribution in [0, 0.1) is 11.3 Å². The molecule has 0 saturated heterocycles. The van der Waals surface area contributed by atoms with Crippen molar-refractivity contribution in [1.82, 2.24) is 0 Å². The molecule has 138 valence electrons. The van der Waals surface area contributed by atoms with Crippen molar-refractivity contribution < 1.29 is 14.0 Å². The summed E-state index contributed by atoms with van der Waals surface area (Å²) in [5, 5.41) is 10.1. The molecule has 1 fully saturated rings. The zero-order valence-corrected chi connectivity index (χ0v) is 19.2. The summed E-state index contributed by atoms with van der Waals surface area (Å²) in [6, 6.07) is 0. The molecule has 0 aromatic carbocycles. The van der Waals surface area contributed by atoms with Gasteiger partial charge in [-0.2, -0.15) is 0 Å². The Morgan fingerprint density at radius 1 is 0.870 bits per heavy atom. The van der Waals surface area contributed by atoms with Crippen molar-refractivity contribution in [3.8, 4) is 0 Å². The van der Waals surface area contributed by atoms with Gasteiger partial charge in [-0.1, -0.05) is 41.5 Å². The third-order valence-electron chi connectivity index (χ3n) is 6.63. The van der Waals surface area contributed by atoms with Crippen LogP contribution in [-0.2, 0) is 8.85 Å². The Hall–Kier alpha value is 0.314. The maximum atomic E-state index is 9.63. The molecule has 0 amide bonds. The van der Waals surface area contributed by atoms with E-state index in [-0.39, 0.29) is 22.1 Å². The molecule has 1 atom stereocenters. The van der Waals surface area contributed by atoms with E-state index in [0.717, 1.165) is 19.6 Å². The fraction of sp³-hybridized carbons (Fsp3) is 1.00. The molecule has 1 saturated carbocycles. The largest absolute Gasteiger partial charge is 0.416 e. The van der Waals surface area contributed by atoms with Crippen molar-refractivity contribution in [3.63, 3.8) is 0 Å². The molecule has 1 N–H and O–H groups in total. The van der Waals surface area contributed by atoms with Gasteiger partial charge in [0.25, 0.3) is 0 Å². The lowest BCUT2D eigenvalue weighted by atomic mass is 10.1. The fourth-order valence-electron chi connectivity index (χ4n) is 2.17. The van der Waals surface area contributed by atoms with Gasteiger partial charge in [0, 0.05) is 25.2 Å². The Balaban J connectivity index is 2.72. The molecule has 0 aliphatic heterocycles. The monoisotopic (exact) mass is 360 g/mol. The van der Waals surface area contributed by atoms with Crippen LogP contribution in [0.15, 0.2) is 0 Å². The highest BCUT2D eigenvalue weighted by Crippen LogP contribution is 2.54. The van der Waals surface area contributed by atoms with Crippen LogP contribution in [0.2, 0.25) is 36.3 Å². The molecule has 5 heteroatoms. The lowest BCUT2D eigenvalue weighted by Gasteiger charge is -2.40. The van der Waals surface area contributed by atoms with E-state index in [1.807, 2.05) is 0 Å². The summed E-state index contributed by atoms with van der Waals surface area (Å²) in [6.45, 7) is 24.6. The van der Waals surface area contributed by atoms with Crippen LogP contribution in [-0.4, -0.2) is 41.6 Å². The quantitative estimate of drug-likeness (QED) is 0.647. The van der Waals surface area contributed by atoms with Gasteiger partial charge in [0.2, 0.25) is 0 Å². The van der Waals surface area contributed by atoms with E-state index >= 15 is 0 Å². The van der Waals surface area contributed by atoms with E-state index in [4.69, 9.17) is 8.85 Å². The van der Waals surface area contributed by atoms with Crippen molar-refractivity contribution in [2.24, 2.45) is 11.3 Å². The average Bonchev–Trinajstić information content (AvgIpc) is 3.06. The first kappa shape index (κ1) is 21.4. The van der Waals surface area contributed by atoms with Gasteiger partial charge < -0.3 is 14.0 Å². The van der Waals surface area contributed by atoms with E-state index < -0.39 is 16.6 Å². The first-order valence-electron chi connectivity index (χ1n) is 8.97. The smallest absolute Gasteiger partial charge is 0.192 e. The molecule has 0 spiro atoms. The summed E-state index contributed by atoms with van der Waals surface area (Å²) in [6.07, 6.45) is 1.03. The summed E-state index contributed by atoms with van der Waals surface area (Å²) in [5.41, 5.74) is 0.0415. The topological polar surface area (TPSA) is 38.7 Å². The summed E-state index contributed by atoms with van der Waals surface area (Å²) < 4.78 is 12.9. The van der Waals surface area contributed by atoms with E-state index in [0.29, 0.717) is 5.92 Å². The average molecular weight is 361 g/mol. The van der Waals surface area contributed by atoms with Gasteiger partial charge in [0.1, 0.15) is 0 Å². The second-order valence-electron chi connectivity index (χ2n) is 10.5. The molecule has 1 rings (SSSR count). The minimum Gasteiger partial charge on any atom is -0.416 e. The molecular formula is C18H40O3Si2. The predicted molar refractivity (Wildman–Crippen MR) is 104 cm³/mol. The minimum atomic E-state index is -1.75. The number of aliphatic hydroxyl groups excluding tert-OH is 1. The molecule has 0 bridgehead atoms. The number of hydrogen-bond donors (Lipinski definition) is 1. The Morgan fingerprint density at radius 3 is 1.43 bits per heavy atom. The molecule has 23 heavy (non-hydrogen) atoms. The first-order chi connectivity index (χ1) is 10.1. The highest BCUT2D eigenvalue weighted by Gasteiger charge is 2.56. The summed E-state index contributed by atoms with van der Waals surface area (Å²) in [7, 11) is -3.51. The molecule has 0 radical (unpaired) electrons. The Bertz CT molecular complexity index is 375. The fourth-order valence-corrected chi connectivity index (χ4v) is 4.33. The summed E-state index contributed by atoms with van der Waals surface area (Å²) in [5.74, 6) is 0.344.